The maximum absolute atomic E-state index is 14.2. The van der Waals surface area contributed by atoms with E-state index >= 15 is 0 Å². The van der Waals surface area contributed by atoms with Crippen molar-refractivity contribution in [2.45, 2.75) is 68.3 Å². The number of fused-ring (bicyclic) bond motifs is 2. The Labute approximate surface area is 300 Å². The molecule has 51 heavy (non-hydrogen) atoms. The van der Waals surface area contributed by atoms with E-state index in [2.05, 4.69) is 21.2 Å². The smallest absolute Gasteiger partial charge is 0.340 e. The summed E-state index contributed by atoms with van der Waals surface area (Å²) in [5.74, 6) is -1.14. The number of amides is 4. The van der Waals surface area contributed by atoms with Crippen LogP contribution in [0.4, 0.5) is 36.8 Å². The fourth-order valence-electron chi connectivity index (χ4n) is 7.83. The van der Waals surface area contributed by atoms with Crippen molar-refractivity contribution in [2.24, 2.45) is 0 Å². The van der Waals surface area contributed by atoms with Crippen LogP contribution in [-0.2, 0) is 32.8 Å². The number of halogens is 7. The Morgan fingerprint density at radius 1 is 0.843 bits per heavy atom. The van der Waals surface area contributed by atoms with Gasteiger partial charge < -0.3 is 20.0 Å². The van der Waals surface area contributed by atoms with E-state index in [1.807, 2.05) is 48.5 Å². The summed E-state index contributed by atoms with van der Waals surface area (Å²) >= 11 is 3.53. The lowest BCUT2D eigenvalue weighted by Crippen LogP contribution is -2.52. The maximum Gasteiger partial charge on any atom is 0.416 e. The molecule has 2 fully saturated rings. The van der Waals surface area contributed by atoms with Crippen LogP contribution in [0.3, 0.4) is 0 Å². The van der Waals surface area contributed by atoms with E-state index in [4.69, 9.17) is 0 Å². The Bertz CT molecular complexity index is 1810. The predicted octanol–water partition coefficient (Wildman–Crippen LogP) is 8.19. The van der Waals surface area contributed by atoms with Gasteiger partial charge in [0.05, 0.1) is 22.6 Å². The first-order chi connectivity index (χ1) is 23.8. The number of nitrogens with one attached hydrogen (secondary N) is 1. The van der Waals surface area contributed by atoms with Crippen LogP contribution in [0.1, 0.15) is 66.8 Å². The van der Waals surface area contributed by atoms with E-state index in [0.717, 1.165) is 21.3 Å². The van der Waals surface area contributed by atoms with Gasteiger partial charge >= 0.3 is 18.4 Å². The Morgan fingerprint density at radius 2 is 1.43 bits per heavy atom. The van der Waals surface area contributed by atoms with Crippen molar-refractivity contribution in [3.8, 4) is 0 Å². The van der Waals surface area contributed by atoms with Crippen LogP contribution in [0, 0.1) is 0 Å². The lowest BCUT2D eigenvalue weighted by Gasteiger charge is -2.45. The average molecular weight is 780 g/mol. The second-order valence-corrected chi connectivity index (χ2v) is 15.2. The van der Waals surface area contributed by atoms with Crippen LogP contribution in [0.5, 0.6) is 0 Å². The summed E-state index contributed by atoms with van der Waals surface area (Å²) < 4.78 is 83.2. The standard InChI is InChI=1S/C37H37BrF6N4O3/c1-34(2,23-15-24(36(39,40)41)17-25(16-23)37(42,43)44)32(50)46(3)30-21-48(20-27(30)22-7-5-4-6-8-22)33(51)47-13-11-35(12-14-47)19-31(49)45-29-10-9-26(38)18-28(29)35/h4-10,15-18,27,30H,11-14,19-21H2,1-3H3,(H,45,49)/t27-,30+/m1/s1. The van der Waals surface area contributed by atoms with Gasteiger partial charge in [-0.15, -0.1) is 0 Å². The molecule has 0 aliphatic carbocycles. The number of likely N-dealkylation sites (N-methyl/N-ethyl adjacent to an activating group) is 1. The first-order valence-electron chi connectivity index (χ1n) is 16.6. The number of nitrogens with zero attached hydrogens (tertiary/aromatic N) is 3. The second-order valence-electron chi connectivity index (χ2n) is 14.3. The number of carbonyl (C=O) groups is 3. The SMILES string of the molecule is CN(C(=O)C(C)(C)c1cc(C(F)(F)F)cc(C(F)(F)F)c1)[C@H]1CN(C(=O)N2CCC3(CC2)CC(=O)Nc2ccc(Br)cc23)C[C@@H]1c1ccccc1. The normalized spacial score (nSPS) is 20.6. The molecule has 6 rings (SSSR count). The van der Waals surface area contributed by atoms with E-state index in [9.17, 15) is 40.7 Å². The molecule has 0 unspecified atom stereocenters. The van der Waals surface area contributed by atoms with Crippen molar-refractivity contribution < 1.29 is 40.7 Å². The molecule has 0 saturated carbocycles. The van der Waals surface area contributed by atoms with Gasteiger partial charge in [-0.3, -0.25) is 9.59 Å². The van der Waals surface area contributed by atoms with Gasteiger partial charge in [-0.05, 0) is 79.8 Å². The zero-order valence-electron chi connectivity index (χ0n) is 28.2. The summed E-state index contributed by atoms with van der Waals surface area (Å²) in [4.78, 5) is 45.7. The van der Waals surface area contributed by atoms with E-state index in [1.54, 1.807) is 9.80 Å². The molecule has 1 N–H and O–H groups in total. The van der Waals surface area contributed by atoms with Crippen LogP contribution in [0.2, 0.25) is 0 Å². The topological polar surface area (TPSA) is 73.0 Å². The van der Waals surface area contributed by atoms with Gasteiger partial charge in [0.1, 0.15) is 0 Å². The summed E-state index contributed by atoms with van der Waals surface area (Å²) in [5, 5.41) is 2.94. The van der Waals surface area contributed by atoms with Gasteiger partial charge in [-0.1, -0.05) is 46.3 Å². The molecule has 0 bridgehead atoms. The van der Waals surface area contributed by atoms with E-state index < -0.39 is 51.8 Å². The minimum Gasteiger partial charge on any atom is -0.340 e. The highest BCUT2D eigenvalue weighted by Gasteiger charge is 2.48. The minimum absolute atomic E-state index is 0.0445. The Balaban J connectivity index is 1.24. The van der Waals surface area contributed by atoms with Gasteiger partial charge in [0, 0.05) is 61.1 Å². The second kappa shape index (κ2) is 13.2. The highest BCUT2D eigenvalue weighted by Crippen LogP contribution is 2.46. The first kappa shape index (κ1) is 36.7. The number of anilines is 1. The average Bonchev–Trinajstić information content (AvgIpc) is 3.53. The third-order valence-corrected chi connectivity index (χ3v) is 11.3. The number of piperidine rings is 1. The predicted molar refractivity (Wildman–Crippen MR) is 182 cm³/mol. The summed E-state index contributed by atoms with van der Waals surface area (Å²) in [6.07, 6.45) is -8.69. The molecule has 3 aromatic rings. The Morgan fingerprint density at radius 3 is 2.02 bits per heavy atom. The Hall–Kier alpha value is -4.07. The van der Waals surface area contributed by atoms with Crippen molar-refractivity contribution in [1.29, 1.82) is 0 Å². The van der Waals surface area contributed by atoms with Crippen molar-refractivity contribution in [3.05, 3.63) is 99.0 Å². The number of hydrogen-bond donors (Lipinski definition) is 1. The van der Waals surface area contributed by atoms with Crippen molar-refractivity contribution >= 4 is 39.5 Å². The van der Waals surface area contributed by atoms with Gasteiger partial charge in [0.2, 0.25) is 11.8 Å². The van der Waals surface area contributed by atoms with E-state index in [0.29, 0.717) is 44.5 Å². The summed E-state index contributed by atoms with van der Waals surface area (Å²) in [7, 11) is 1.48. The first-order valence-corrected chi connectivity index (χ1v) is 17.4. The molecule has 3 heterocycles. The van der Waals surface area contributed by atoms with Crippen LogP contribution >= 0.6 is 15.9 Å². The molecular formula is C37H37BrF6N4O3. The zero-order chi connectivity index (χ0) is 37.1. The molecule has 272 valence electrons. The molecule has 3 aliphatic heterocycles. The summed E-state index contributed by atoms with van der Waals surface area (Å²) in [5.41, 5.74) is -3.00. The number of rotatable bonds is 4. The number of benzene rings is 3. The van der Waals surface area contributed by atoms with Gasteiger partial charge in [0.15, 0.2) is 0 Å². The van der Waals surface area contributed by atoms with Crippen LogP contribution in [-0.4, -0.2) is 71.8 Å². The largest absolute Gasteiger partial charge is 0.416 e. The fourth-order valence-corrected chi connectivity index (χ4v) is 8.19. The van der Waals surface area contributed by atoms with E-state index in [1.165, 1.54) is 25.8 Å². The van der Waals surface area contributed by atoms with Gasteiger partial charge in [-0.25, -0.2) is 4.79 Å². The number of hydrogen-bond acceptors (Lipinski definition) is 3. The molecule has 3 aliphatic rings. The maximum atomic E-state index is 14.2. The molecule has 7 nitrogen and oxygen atoms in total. The Kier molecular flexibility index (Phi) is 9.47. The molecular weight excluding hydrogens is 742 g/mol. The lowest BCUT2D eigenvalue weighted by atomic mass is 9.68. The van der Waals surface area contributed by atoms with E-state index in [-0.39, 0.29) is 37.0 Å². The minimum atomic E-state index is -5.07. The highest BCUT2D eigenvalue weighted by atomic mass is 79.9. The van der Waals surface area contributed by atoms with Crippen LogP contribution in [0.15, 0.2) is 71.2 Å². The fraction of sp³-hybridized carbons (Fsp3) is 0.432. The van der Waals surface area contributed by atoms with Crippen molar-refractivity contribution in [3.63, 3.8) is 0 Å². The molecule has 4 amide bonds. The lowest BCUT2D eigenvalue weighted by molar-refractivity contribution is -0.144. The van der Waals surface area contributed by atoms with Gasteiger partial charge in [0.25, 0.3) is 0 Å². The number of urea groups is 1. The third kappa shape index (κ3) is 7.07. The summed E-state index contributed by atoms with van der Waals surface area (Å²) in [6.45, 7) is 3.76. The molecule has 0 radical (unpaired) electrons. The number of alkyl halides is 6. The number of carbonyl (C=O) groups excluding carboxylic acids is 3. The molecule has 3 aromatic carbocycles. The monoisotopic (exact) mass is 778 g/mol. The van der Waals surface area contributed by atoms with Gasteiger partial charge in [-0.2, -0.15) is 26.3 Å². The van der Waals surface area contributed by atoms with Crippen LogP contribution < -0.4 is 5.32 Å². The third-order valence-electron chi connectivity index (χ3n) is 10.8. The molecule has 1 spiro atoms. The van der Waals surface area contributed by atoms with Crippen LogP contribution in [0.25, 0.3) is 0 Å². The molecule has 2 atom stereocenters. The molecule has 0 aromatic heterocycles. The molecule has 14 heteroatoms. The van der Waals surface area contributed by atoms with Crippen molar-refractivity contribution in [2.75, 3.05) is 38.5 Å². The zero-order valence-corrected chi connectivity index (χ0v) is 29.8. The number of likely N-dealkylation sites (tertiary alicyclic amines) is 2. The molecule has 2 saturated heterocycles. The summed E-state index contributed by atoms with van der Waals surface area (Å²) in [6, 6.07) is 15.3. The highest BCUT2D eigenvalue weighted by molar-refractivity contribution is 9.10. The van der Waals surface area contributed by atoms with Crippen molar-refractivity contribution in [1.82, 2.24) is 14.7 Å². The quantitative estimate of drug-likeness (QED) is 0.272.